The molecule has 0 aliphatic carbocycles. The van der Waals surface area contributed by atoms with E-state index in [0.29, 0.717) is 0 Å². The minimum Gasteiger partial charge on any atom is -0.461 e. The van der Waals surface area contributed by atoms with Gasteiger partial charge in [0.2, 0.25) is 0 Å². The van der Waals surface area contributed by atoms with Crippen LogP contribution in [0.3, 0.4) is 0 Å². The molecule has 0 bridgehead atoms. The fourth-order valence-electron chi connectivity index (χ4n) is 2.01. The van der Waals surface area contributed by atoms with E-state index in [4.69, 9.17) is 4.42 Å². The lowest BCUT2D eigenvalue weighted by Crippen LogP contribution is -1.81. The molecule has 1 heterocycles. The van der Waals surface area contributed by atoms with E-state index >= 15 is 0 Å². The molecule has 0 unspecified atom stereocenters. The van der Waals surface area contributed by atoms with Crippen molar-refractivity contribution in [2.24, 2.45) is 0 Å². The second-order valence-electron chi connectivity index (χ2n) is 4.59. The molecule has 0 amide bonds. The highest BCUT2D eigenvalue weighted by atomic mass is 16.3. The zero-order chi connectivity index (χ0) is 12.1. The Balaban J connectivity index is 2.07. The lowest BCUT2D eigenvalue weighted by Gasteiger charge is -1.99. The van der Waals surface area contributed by atoms with Crippen molar-refractivity contribution in [1.82, 2.24) is 0 Å². The normalized spacial score (nSPS) is 10.7. The number of benzene rings is 1. The van der Waals surface area contributed by atoms with Gasteiger partial charge in [0.05, 0.1) is 0 Å². The molecular formula is C16H20O. The maximum atomic E-state index is 5.87. The van der Waals surface area contributed by atoms with Gasteiger partial charge in [0.25, 0.3) is 0 Å². The van der Waals surface area contributed by atoms with E-state index in [0.717, 1.165) is 17.9 Å². The Morgan fingerprint density at radius 1 is 1.06 bits per heavy atom. The van der Waals surface area contributed by atoms with Crippen molar-refractivity contribution in [1.29, 1.82) is 0 Å². The van der Waals surface area contributed by atoms with Gasteiger partial charge in [0.15, 0.2) is 0 Å². The van der Waals surface area contributed by atoms with E-state index < -0.39 is 0 Å². The Morgan fingerprint density at radius 3 is 2.71 bits per heavy atom. The molecule has 0 N–H and O–H groups in total. The Bertz CT molecular complexity index is 468. The summed E-state index contributed by atoms with van der Waals surface area (Å²) in [5.74, 6) is 2.09. The van der Waals surface area contributed by atoms with Crippen LogP contribution in [0.1, 0.15) is 37.5 Å². The zero-order valence-electron chi connectivity index (χ0n) is 10.7. The summed E-state index contributed by atoms with van der Waals surface area (Å²) in [6.07, 6.45) is 4.81. The van der Waals surface area contributed by atoms with Crippen molar-refractivity contribution in [2.75, 3.05) is 0 Å². The summed E-state index contributed by atoms with van der Waals surface area (Å²) in [5.41, 5.74) is 2.44. The number of hydrogen-bond acceptors (Lipinski definition) is 1. The van der Waals surface area contributed by atoms with Crippen molar-refractivity contribution in [3.8, 4) is 11.3 Å². The Morgan fingerprint density at radius 2 is 1.94 bits per heavy atom. The molecule has 1 nitrogen and oxygen atoms in total. The van der Waals surface area contributed by atoms with Gasteiger partial charge in [-0.2, -0.15) is 0 Å². The van der Waals surface area contributed by atoms with Crippen LogP contribution in [0.15, 0.2) is 40.8 Å². The van der Waals surface area contributed by atoms with Gasteiger partial charge >= 0.3 is 0 Å². The van der Waals surface area contributed by atoms with Crippen molar-refractivity contribution < 1.29 is 4.42 Å². The molecule has 0 fully saturated rings. The van der Waals surface area contributed by atoms with Crippen molar-refractivity contribution >= 4 is 0 Å². The van der Waals surface area contributed by atoms with Crippen LogP contribution in [0.5, 0.6) is 0 Å². The van der Waals surface area contributed by atoms with Gasteiger partial charge in [-0.05, 0) is 31.5 Å². The van der Waals surface area contributed by atoms with E-state index in [-0.39, 0.29) is 0 Å². The molecular weight excluding hydrogens is 208 g/mol. The summed E-state index contributed by atoms with van der Waals surface area (Å²) >= 11 is 0. The van der Waals surface area contributed by atoms with E-state index in [9.17, 15) is 0 Å². The maximum absolute atomic E-state index is 5.87. The molecule has 1 heteroatoms. The van der Waals surface area contributed by atoms with Gasteiger partial charge < -0.3 is 4.42 Å². The van der Waals surface area contributed by atoms with E-state index in [2.05, 4.69) is 50.2 Å². The summed E-state index contributed by atoms with van der Waals surface area (Å²) in [6.45, 7) is 4.33. The van der Waals surface area contributed by atoms with Crippen LogP contribution in [0, 0.1) is 6.92 Å². The first-order valence-electron chi connectivity index (χ1n) is 6.45. The fourth-order valence-corrected chi connectivity index (χ4v) is 2.01. The molecule has 0 radical (unpaired) electrons. The van der Waals surface area contributed by atoms with Gasteiger partial charge in [-0.15, -0.1) is 0 Å². The van der Waals surface area contributed by atoms with Crippen molar-refractivity contribution in [2.45, 2.75) is 39.5 Å². The van der Waals surface area contributed by atoms with E-state index in [1.165, 1.54) is 30.4 Å². The average molecular weight is 228 g/mol. The summed E-state index contributed by atoms with van der Waals surface area (Å²) in [7, 11) is 0. The topological polar surface area (TPSA) is 13.1 Å². The van der Waals surface area contributed by atoms with Gasteiger partial charge in [-0.1, -0.05) is 43.5 Å². The number of unbranched alkanes of at least 4 members (excludes halogenated alkanes) is 2. The van der Waals surface area contributed by atoms with Crippen LogP contribution in [0.2, 0.25) is 0 Å². The third-order valence-corrected chi connectivity index (χ3v) is 2.99. The largest absolute Gasteiger partial charge is 0.461 e. The zero-order valence-corrected chi connectivity index (χ0v) is 10.7. The number of furan rings is 1. The first kappa shape index (κ1) is 12.0. The molecule has 2 rings (SSSR count). The molecule has 0 saturated carbocycles. The standard InChI is InChI=1S/C16H20O/c1-3-4-5-9-15-10-11-16(17-15)14-8-6-7-13(2)12-14/h6-8,10-12H,3-5,9H2,1-2H3. The highest BCUT2D eigenvalue weighted by Crippen LogP contribution is 2.23. The molecule has 0 saturated heterocycles. The number of hydrogen-bond donors (Lipinski definition) is 0. The smallest absolute Gasteiger partial charge is 0.134 e. The predicted molar refractivity (Wildman–Crippen MR) is 72.1 cm³/mol. The SMILES string of the molecule is CCCCCc1ccc(-c2cccc(C)c2)o1. The van der Waals surface area contributed by atoms with Crippen molar-refractivity contribution in [3.05, 3.63) is 47.7 Å². The van der Waals surface area contributed by atoms with Gasteiger partial charge in [-0.3, -0.25) is 0 Å². The molecule has 1 aromatic carbocycles. The first-order valence-corrected chi connectivity index (χ1v) is 6.45. The highest BCUT2D eigenvalue weighted by Gasteiger charge is 2.04. The van der Waals surface area contributed by atoms with Crippen molar-refractivity contribution in [3.63, 3.8) is 0 Å². The van der Waals surface area contributed by atoms with Crippen LogP contribution in [0.25, 0.3) is 11.3 Å². The van der Waals surface area contributed by atoms with Crippen LogP contribution in [-0.2, 0) is 6.42 Å². The van der Waals surface area contributed by atoms with E-state index in [1.54, 1.807) is 0 Å². The second kappa shape index (κ2) is 5.72. The minimum absolute atomic E-state index is 0.986. The Labute approximate surface area is 103 Å². The van der Waals surface area contributed by atoms with Crippen LogP contribution < -0.4 is 0 Å². The van der Waals surface area contributed by atoms with Gasteiger partial charge in [0, 0.05) is 12.0 Å². The monoisotopic (exact) mass is 228 g/mol. The van der Waals surface area contributed by atoms with Crippen LogP contribution in [-0.4, -0.2) is 0 Å². The summed E-state index contributed by atoms with van der Waals surface area (Å²) < 4.78 is 5.87. The third kappa shape index (κ3) is 3.23. The van der Waals surface area contributed by atoms with Gasteiger partial charge in [-0.25, -0.2) is 0 Å². The molecule has 0 aliphatic heterocycles. The summed E-state index contributed by atoms with van der Waals surface area (Å²) in [6, 6.07) is 12.6. The molecule has 1 aromatic heterocycles. The molecule has 0 atom stereocenters. The maximum Gasteiger partial charge on any atom is 0.134 e. The quantitative estimate of drug-likeness (QED) is 0.657. The number of aryl methyl sites for hydroxylation is 2. The number of rotatable bonds is 5. The molecule has 2 aromatic rings. The summed E-state index contributed by atoms with van der Waals surface area (Å²) in [5, 5.41) is 0. The highest BCUT2D eigenvalue weighted by molar-refractivity contribution is 5.58. The second-order valence-corrected chi connectivity index (χ2v) is 4.59. The molecule has 90 valence electrons. The van der Waals surface area contributed by atoms with Crippen LogP contribution >= 0.6 is 0 Å². The lowest BCUT2D eigenvalue weighted by molar-refractivity contribution is 0.508. The minimum atomic E-state index is 0.986. The molecule has 0 spiro atoms. The van der Waals surface area contributed by atoms with Gasteiger partial charge in [0.1, 0.15) is 11.5 Å². The molecule has 0 aliphatic rings. The Kier molecular flexibility index (Phi) is 4.03. The van der Waals surface area contributed by atoms with E-state index in [1.807, 2.05) is 0 Å². The lowest BCUT2D eigenvalue weighted by atomic mass is 10.1. The molecule has 17 heavy (non-hydrogen) atoms. The first-order chi connectivity index (χ1) is 8.29. The average Bonchev–Trinajstić information content (AvgIpc) is 2.78. The van der Waals surface area contributed by atoms with Crippen LogP contribution in [0.4, 0.5) is 0 Å². The fraction of sp³-hybridized carbons (Fsp3) is 0.375. The third-order valence-electron chi connectivity index (χ3n) is 2.99. The summed E-state index contributed by atoms with van der Waals surface area (Å²) in [4.78, 5) is 0. The Hall–Kier alpha value is -1.50. The predicted octanol–water partition coefficient (Wildman–Crippen LogP) is 4.99.